The van der Waals surface area contributed by atoms with Gasteiger partial charge in [-0.25, -0.2) is 0 Å². The highest BCUT2D eigenvalue weighted by atomic mass is 31.2. The quantitative estimate of drug-likeness (QED) is 0.288. The van der Waals surface area contributed by atoms with Crippen LogP contribution in [-0.2, 0) is 23.1 Å². The monoisotopic (exact) mass is 490 g/mol. The van der Waals surface area contributed by atoms with Gasteiger partial charge in [-0.15, -0.1) is 0 Å². The molecule has 9 nitrogen and oxygen atoms in total. The fourth-order valence-corrected chi connectivity index (χ4v) is 5.73. The second kappa shape index (κ2) is 10.8. The minimum absolute atomic E-state index is 0.0418. The Morgan fingerprint density at radius 2 is 1.56 bits per heavy atom. The molecule has 0 bridgehead atoms. The van der Waals surface area contributed by atoms with E-state index < -0.39 is 37.2 Å². The molecule has 1 N–H and O–H groups in total. The molecule has 2 aromatic carbocycles. The number of hydrogen-bond donors (Lipinski definition) is 1. The maximum atomic E-state index is 13.3. The van der Waals surface area contributed by atoms with Crippen LogP contribution in [-0.4, -0.2) is 62.4 Å². The summed E-state index contributed by atoms with van der Waals surface area (Å²) in [5.41, 5.74) is 0.872. The number of nitrogens with zero attached hydrogens (tertiary/aromatic N) is 1. The van der Waals surface area contributed by atoms with Gasteiger partial charge in [0.25, 0.3) is 11.8 Å². The van der Waals surface area contributed by atoms with Gasteiger partial charge in [-0.2, -0.15) is 0 Å². The standard InChI is InChI=1S/C24H31N2O7P/c1-15(2)14-19(24(29)31-3)25-20(34(30,32-4)33-5)12-13-26-22(27)17-10-6-8-16-9-7-11-18(21(16)17)23(26)28/h6-11,15,19-20,25H,12-14H2,1-5H3/t19-,20?/m0/s1. The van der Waals surface area contributed by atoms with Crippen molar-refractivity contribution in [3.63, 3.8) is 0 Å². The molecule has 2 amide bonds. The third-order valence-electron chi connectivity index (χ3n) is 5.96. The van der Waals surface area contributed by atoms with Crippen LogP contribution in [0.15, 0.2) is 36.4 Å². The molecule has 0 radical (unpaired) electrons. The molecule has 1 heterocycles. The van der Waals surface area contributed by atoms with E-state index in [1.54, 1.807) is 24.3 Å². The van der Waals surface area contributed by atoms with Crippen molar-refractivity contribution in [3.05, 3.63) is 47.5 Å². The molecule has 0 aromatic heterocycles. The lowest BCUT2D eigenvalue weighted by molar-refractivity contribution is -0.143. The normalized spacial score (nSPS) is 15.6. The molecular weight excluding hydrogens is 459 g/mol. The van der Waals surface area contributed by atoms with Crippen molar-refractivity contribution in [1.82, 2.24) is 10.2 Å². The Labute approximate surface area is 199 Å². The zero-order valence-electron chi connectivity index (χ0n) is 20.1. The molecule has 34 heavy (non-hydrogen) atoms. The summed E-state index contributed by atoms with van der Waals surface area (Å²) in [6, 6.07) is 9.86. The summed E-state index contributed by atoms with van der Waals surface area (Å²) in [4.78, 5) is 39.9. The average molecular weight is 490 g/mol. The van der Waals surface area contributed by atoms with Gasteiger partial charge in [-0.1, -0.05) is 38.1 Å². The minimum Gasteiger partial charge on any atom is -0.468 e. The predicted octanol–water partition coefficient (Wildman–Crippen LogP) is 3.82. The van der Waals surface area contributed by atoms with E-state index in [2.05, 4.69) is 5.32 Å². The number of benzene rings is 2. The Balaban J connectivity index is 1.89. The van der Waals surface area contributed by atoms with Crippen LogP contribution in [0, 0.1) is 5.92 Å². The van der Waals surface area contributed by atoms with E-state index in [4.69, 9.17) is 13.8 Å². The molecule has 1 aliphatic rings. The van der Waals surface area contributed by atoms with E-state index in [1.807, 2.05) is 26.0 Å². The first-order valence-corrected chi connectivity index (χ1v) is 12.7. The van der Waals surface area contributed by atoms with Gasteiger partial charge < -0.3 is 13.8 Å². The van der Waals surface area contributed by atoms with Crippen molar-refractivity contribution in [3.8, 4) is 0 Å². The Morgan fingerprint density at radius 3 is 2.03 bits per heavy atom. The highest BCUT2D eigenvalue weighted by Gasteiger charge is 2.40. The molecule has 10 heteroatoms. The predicted molar refractivity (Wildman–Crippen MR) is 128 cm³/mol. The third kappa shape index (κ3) is 5.08. The maximum absolute atomic E-state index is 13.3. The highest BCUT2D eigenvalue weighted by Crippen LogP contribution is 2.52. The summed E-state index contributed by atoms with van der Waals surface area (Å²) in [7, 11) is 0.0600. The lowest BCUT2D eigenvalue weighted by Gasteiger charge is -2.32. The van der Waals surface area contributed by atoms with Crippen LogP contribution in [0.3, 0.4) is 0 Å². The van der Waals surface area contributed by atoms with Crippen molar-refractivity contribution < 1.29 is 32.7 Å². The SMILES string of the molecule is COC(=O)[C@H](CC(C)C)NC(CCN1C(=O)c2cccc3cccc(c23)C1=O)P(=O)(OC)OC. The Bertz CT molecular complexity index is 1070. The van der Waals surface area contributed by atoms with Crippen LogP contribution in [0.4, 0.5) is 0 Å². The van der Waals surface area contributed by atoms with E-state index in [9.17, 15) is 18.9 Å². The van der Waals surface area contributed by atoms with Crippen LogP contribution in [0.5, 0.6) is 0 Å². The molecule has 184 valence electrons. The summed E-state index contributed by atoms with van der Waals surface area (Å²) < 4.78 is 28.6. The van der Waals surface area contributed by atoms with Crippen molar-refractivity contribution in [1.29, 1.82) is 0 Å². The number of hydrogen-bond acceptors (Lipinski definition) is 8. The van der Waals surface area contributed by atoms with Crippen LogP contribution >= 0.6 is 7.60 Å². The van der Waals surface area contributed by atoms with Gasteiger partial charge in [0.2, 0.25) is 0 Å². The van der Waals surface area contributed by atoms with E-state index in [0.29, 0.717) is 22.9 Å². The van der Waals surface area contributed by atoms with Gasteiger partial charge in [0, 0.05) is 37.3 Å². The smallest absolute Gasteiger partial charge is 0.346 e. The number of nitrogens with one attached hydrogen (secondary N) is 1. The minimum atomic E-state index is -3.72. The Hall–Kier alpha value is -2.58. The zero-order valence-corrected chi connectivity index (χ0v) is 21.0. The molecule has 0 saturated heterocycles. The molecule has 2 atom stereocenters. The molecule has 0 spiro atoms. The number of carbonyl (C=O) groups is 3. The number of carbonyl (C=O) groups excluding carboxylic acids is 3. The van der Waals surface area contributed by atoms with Crippen LogP contribution in [0.1, 0.15) is 47.4 Å². The lowest BCUT2D eigenvalue weighted by Crippen LogP contribution is -2.47. The second-order valence-electron chi connectivity index (χ2n) is 8.55. The Morgan fingerprint density at radius 1 is 1.00 bits per heavy atom. The number of imide groups is 1. The van der Waals surface area contributed by atoms with E-state index in [1.165, 1.54) is 21.3 Å². The lowest BCUT2D eigenvalue weighted by atomic mass is 9.94. The first-order chi connectivity index (χ1) is 16.2. The number of ether oxygens (including phenoxy) is 1. The number of methoxy groups -OCH3 is 1. The number of amides is 2. The van der Waals surface area contributed by atoms with Gasteiger partial charge in [-0.3, -0.25) is 29.2 Å². The molecule has 0 saturated carbocycles. The van der Waals surface area contributed by atoms with E-state index >= 15 is 0 Å². The van der Waals surface area contributed by atoms with E-state index in [0.717, 1.165) is 10.3 Å². The highest BCUT2D eigenvalue weighted by molar-refractivity contribution is 7.54. The van der Waals surface area contributed by atoms with Crippen molar-refractivity contribution >= 4 is 36.2 Å². The average Bonchev–Trinajstić information content (AvgIpc) is 2.84. The fourth-order valence-electron chi connectivity index (χ4n) is 4.27. The molecule has 3 rings (SSSR count). The van der Waals surface area contributed by atoms with Gasteiger partial charge in [-0.05, 0) is 36.3 Å². The van der Waals surface area contributed by atoms with Gasteiger partial charge in [0.05, 0.1) is 7.11 Å². The van der Waals surface area contributed by atoms with E-state index in [-0.39, 0.29) is 18.9 Å². The largest absolute Gasteiger partial charge is 0.468 e. The second-order valence-corrected chi connectivity index (χ2v) is 11.0. The molecule has 0 aliphatic carbocycles. The number of esters is 1. The first-order valence-electron chi connectivity index (χ1n) is 11.1. The van der Waals surface area contributed by atoms with Crippen LogP contribution in [0.2, 0.25) is 0 Å². The third-order valence-corrected chi connectivity index (χ3v) is 8.15. The number of rotatable bonds is 11. The van der Waals surface area contributed by atoms with Crippen LogP contribution < -0.4 is 5.32 Å². The Kier molecular flexibility index (Phi) is 8.25. The van der Waals surface area contributed by atoms with Crippen molar-refractivity contribution in [2.24, 2.45) is 5.92 Å². The summed E-state index contributed by atoms with van der Waals surface area (Å²) in [5, 5.41) is 4.50. The van der Waals surface area contributed by atoms with Crippen molar-refractivity contribution in [2.45, 2.75) is 38.5 Å². The van der Waals surface area contributed by atoms with Crippen LogP contribution in [0.25, 0.3) is 10.8 Å². The molecule has 1 unspecified atom stereocenters. The first kappa shape index (κ1) is 26.0. The van der Waals surface area contributed by atoms with Gasteiger partial charge in [0.1, 0.15) is 11.8 Å². The van der Waals surface area contributed by atoms with Gasteiger partial charge >= 0.3 is 13.6 Å². The fraction of sp³-hybridized carbons (Fsp3) is 0.458. The summed E-state index contributed by atoms with van der Waals surface area (Å²) in [6.45, 7) is 3.84. The molecule has 2 aromatic rings. The summed E-state index contributed by atoms with van der Waals surface area (Å²) >= 11 is 0. The molecular formula is C24H31N2O7P. The summed E-state index contributed by atoms with van der Waals surface area (Å²) in [6.07, 6.45) is 0.466. The van der Waals surface area contributed by atoms with Crippen molar-refractivity contribution in [2.75, 3.05) is 27.9 Å². The molecule has 0 fully saturated rings. The molecule has 1 aliphatic heterocycles. The topological polar surface area (TPSA) is 111 Å². The maximum Gasteiger partial charge on any atom is 0.346 e. The zero-order chi connectivity index (χ0) is 25.0. The summed E-state index contributed by atoms with van der Waals surface area (Å²) in [5.74, 6) is -2.18. The van der Waals surface area contributed by atoms with Gasteiger partial charge in [0.15, 0.2) is 0 Å².